The number of carbonyl (C=O) groups is 1. The van der Waals surface area contributed by atoms with Crippen molar-refractivity contribution in [3.05, 3.63) is 60.1 Å². The maximum atomic E-state index is 15.2. The predicted molar refractivity (Wildman–Crippen MR) is 140 cm³/mol. The molecule has 5 rings (SSSR count). The van der Waals surface area contributed by atoms with Crippen LogP contribution in [0.1, 0.15) is 18.9 Å². The molecule has 0 unspecified atom stereocenters. The third-order valence-electron chi connectivity index (χ3n) is 6.60. The molecule has 10 heteroatoms. The first-order chi connectivity index (χ1) is 17.8. The van der Waals surface area contributed by atoms with Gasteiger partial charge in [0.1, 0.15) is 29.0 Å². The highest BCUT2D eigenvalue weighted by molar-refractivity contribution is 6.04. The molecule has 1 amide bonds. The van der Waals surface area contributed by atoms with E-state index in [4.69, 9.17) is 4.74 Å². The highest BCUT2D eigenvalue weighted by Gasteiger charge is 2.30. The number of rotatable bonds is 7. The lowest BCUT2D eigenvalue weighted by Crippen LogP contribution is -2.44. The average Bonchev–Trinajstić information content (AvgIpc) is 2.89. The Morgan fingerprint density at radius 2 is 1.97 bits per heavy atom. The van der Waals surface area contributed by atoms with Crippen LogP contribution in [0.3, 0.4) is 0 Å². The van der Waals surface area contributed by atoms with Crippen LogP contribution in [0.5, 0.6) is 5.75 Å². The normalized spacial score (nSPS) is 13.0. The minimum absolute atomic E-state index is 0.0864. The first-order valence-electron chi connectivity index (χ1n) is 11.9. The molecule has 0 radical (unpaired) electrons. The molecule has 0 saturated carbocycles. The van der Waals surface area contributed by atoms with Crippen LogP contribution in [-0.4, -0.2) is 48.1 Å². The summed E-state index contributed by atoms with van der Waals surface area (Å²) in [5.41, 5.74) is 3.15. The molecule has 1 saturated heterocycles. The zero-order valence-corrected chi connectivity index (χ0v) is 21.0. The summed E-state index contributed by atoms with van der Waals surface area (Å²) >= 11 is 0. The number of hydrogen-bond donors (Lipinski definition) is 1. The van der Waals surface area contributed by atoms with Gasteiger partial charge in [0.05, 0.1) is 35.6 Å². The van der Waals surface area contributed by atoms with Crippen LogP contribution in [0, 0.1) is 18.6 Å². The first kappa shape index (κ1) is 24.4. The van der Waals surface area contributed by atoms with Crippen LogP contribution in [-0.2, 0) is 4.79 Å². The van der Waals surface area contributed by atoms with E-state index in [1.807, 2.05) is 31.0 Å². The zero-order chi connectivity index (χ0) is 26.3. The molecule has 8 nitrogen and oxygen atoms in total. The summed E-state index contributed by atoms with van der Waals surface area (Å²) in [6, 6.07) is 5.70. The van der Waals surface area contributed by atoms with Crippen LogP contribution >= 0.6 is 0 Å². The number of amides is 1. The number of fused-ring (bicyclic) bond motifs is 1. The van der Waals surface area contributed by atoms with Crippen molar-refractivity contribution in [3.8, 4) is 16.9 Å². The van der Waals surface area contributed by atoms with E-state index in [1.165, 1.54) is 11.0 Å². The molecule has 1 aliphatic rings. The van der Waals surface area contributed by atoms with Gasteiger partial charge in [-0.15, -0.1) is 0 Å². The van der Waals surface area contributed by atoms with Gasteiger partial charge in [-0.3, -0.25) is 14.7 Å². The molecule has 37 heavy (non-hydrogen) atoms. The Hall–Kier alpha value is -4.34. The lowest BCUT2D eigenvalue weighted by atomic mass is 10.0. The molecule has 3 aromatic heterocycles. The number of anilines is 4. The van der Waals surface area contributed by atoms with Crippen molar-refractivity contribution in [2.24, 2.45) is 0 Å². The Morgan fingerprint density at radius 3 is 2.65 bits per heavy atom. The van der Waals surface area contributed by atoms with E-state index in [9.17, 15) is 9.18 Å². The quantitative estimate of drug-likeness (QED) is 0.345. The number of halogens is 2. The van der Waals surface area contributed by atoms with Crippen LogP contribution in [0.4, 0.5) is 31.8 Å². The minimum Gasteiger partial charge on any atom is -0.495 e. The molecule has 0 bridgehead atoms. The third kappa shape index (κ3) is 4.39. The summed E-state index contributed by atoms with van der Waals surface area (Å²) in [5.74, 6) is 0.0675. The molecular formula is C27H26F2N6O2. The number of hydrogen-bond acceptors (Lipinski definition) is 7. The van der Waals surface area contributed by atoms with Crippen molar-refractivity contribution in [2.45, 2.75) is 20.3 Å². The number of ether oxygens (including phenoxy) is 1. The Kier molecular flexibility index (Phi) is 6.32. The number of nitrogens with zero attached hydrogens (tertiary/aromatic N) is 5. The predicted octanol–water partition coefficient (Wildman–Crippen LogP) is 5.22. The molecule has 4 heterocycles. The van der Waals surface area contributed by atoms with E-state index < -0.39 is 11.6 Å². The van der Waals surface area contributed by atoms with E-state index in [-0.39, 0.29) is 16.8 Å². The van der Waals surface area contributed by atoms with Crippen LogP contribution < -0.4 is 19.9 Å². The standard InChI is InChI=1S/C27H26F2N6O2/c1-5-34(3)23-11-21(19(14-31-23)16-8-18(37-4)13-30-12-16)32-26-15(2)27(35-7-6-24(35)36)33-22-10-17(28)9-20(29)25(22)26/h8-14H,5-7H2,1-4H3,(H,31,32,33). The highest BCUT2D eigenvalue weighted by Crippen LogP contribution is 2.40. The number of pyridine rings is 3. The van der Waals surface area contributed by atoms with E-state index >= 15 is 4.39 Å². The number of carbonyl (C=O) groups excluding carboxylic acids is 1. The second kappa shape index (κ2) is 9.61. The molecule has 1 aliphatic heterocycles. The maximum Gasteiger partial charge on any atom is 0.229 e. The fourth-order valence-electron chi connectivity index (χ4n) is 4.31. The van der Waals surface area contributed by atoms with Gasteiger partial charge in [0.2, 0.25) is 5.91 Å². The fourth-order valence-corrected chi connectivity index (χ4v) is 4.31. The first-order valence-corrected chi connectivity index (χ1v) is 11.9. The SMILES string of the molecule is CCN(C)c1cc(Nc2c(C)c(N3CCC3=O)nc3cc(F)cc(F)c23)c(-c2cncc(OC)c2)cn1. The smallest absolute Gasteiger partial charge is 0.229 e. The maximum absolute atomic E-state index is 15.2. The molecular weight excluding hydrogens is 478 g/mol. The van der Waals surface area contributed by atoms with Gasteiger partial charge in [-0.1, -0.05) is 0 Å². The number of benzene rings is 1. The van der Waals surface area contributed by atoms with Gasteiger partial charge in [0.25, 0.3) is 0 Å². The van der Waals surface area contributed by atoms with Gasteiger partial charge < -0.3 is 15.0 Å². The summed E-state index contributed by atoms with van der Waals surface area (Å²) in [7, 11) is 3.48. The van der Waals surface area contributed by atoms with Gasteiger partial charge in [0.15, 0.2) is 0 Å². The van der Waals surface area contributed by atoms with Crippen molar-refractivity contribution in [1.82, 2.24) is 15.0 Å². The average molecular weight is 505 g/mol. The topological polar surface area (TPSA) is 83.5 Å². The van der Waals surface area contributed by atoms with Crippen molar-refractivity contribution < 1.29 is 18.3 Å². The molecule has 1 fully saturated rings. The van der Waals surface area contributed by atoms with Gasteiger partial charge >= 0.3 is 0 Å². The molecule has 1 aromatic carbocycles. The van der Waals surface area contributed by atoms with Gasteiger partial charge in [-0.25, -0.2) is 18.7 Å². The summed E-state index contributed by atoms with van der Waals surface area (Å²) in [5, 5.41) is 3.51. The van der Waals surface area contributed by atoms with Crippen molar-refractivity contribution in [1.29, 1.82) is 0 Å². The van der Waals surface area contributed by atoms with Crippen molar-refractivity contribution in [2.75, 3.05) is 42.4 Å². The van der Waals surface area contributed by atoms with Gasteiger partial charge in [-0.2, -0.15) is 0 Å². The third-order valence-corrected chi connectivity index (χ3v) is 6.60. The summed E-state index contributed by atoms with van der Waals surface area (Å²) in [4.78, 5) is 29.1. The highest BCUT2D eigenvalue weighted by atomic mass is 19.1. The molecule has 0 aliphatic carbocycles. The Labute approximate surface area is 212 Å². The van der Waals surface area contributed by atoms with E-state index in [0.717, 1.165) is 18.2 Å². The van der Waals surface area contributed by atoms with Crippen molar-refractivity contribution >= 4 is 39.8 Å². The molecule has 190 valence electrons. The zero-order valence-electron chi connectivity index (χ0n) is 21.0. The van der Waals surface area contributed by atoms with Crippen LogP contribution in [0.2, 0.25) is 0 Å². The summed E-state index contributed by atoms with van der Waals surface area (Å²) in [6.45, 7) is 5.00. The second-order valence-electron chi connectivity index (χ2n) is 8.85. The van der Waals surface area contributed by atoms with Crippen molar-refractivity contribution in [3.63, 3.8) is 0 Å². The van der Waals surface area contributed by atoms with E-state index in [2.05, 4.69) is 20.3 Å². The second-order valence-corrected chi connectivity index (χ2v) is 8.85. The summed E-state index contributed by atoms with van der Waals surface area (Å²) < 4.78 is 34.8. The monoisotopic (exact) mass is 504 g/mol. The Morgan fingerprint density at radius 1 is 1.16 bits per heavy atom. The number of nitrogens with one attached hydrogen (secondary N) is 1. The van der Waals surface area contributed by atoms with Gasteiger partial charge in [-0.05, 0) is 19.9 Å². The van der Waals surface area contributed by atoms with Gasteiger partial charge in [0, 0.05) is 73.8 Å². The Bertz CT molecular complexity index is 1530. The number of methoxy groups -OCH3 is 1. The molecule has 0 spiro atoms. The number of β-lactam (4-membered cyclic amide) rings is 1. The van der Waals surface area contributed by atoms with Crippen LogP contribution in [0.25, 0.3) is 22.0 Å². The molecule has 0 atom stereocenters. The Balaban J connectivity index is 1.74. The summed E-state index contributed by atoms with van der Waals surface area (Å²) in [6.07, 6.45) is 5.41. The minimum atomic E-state index is -0.751. The lowest BCUT2D eigenvalue weighted by molar-refractivity contribution is -0.122. The van der Waals surface area contributed by atoms with E-state index in [1.54, 1.807) is 32.6 Å². The van der Waals surface area contributed by atoms with Crippen LogP contribution in [0.15, 0.2) is 42.9 Å². The molecule has 1 N–H and O–H groups in total. The fraction of sp³-hybridized carbons (Fsp3) is 0.259. The largest absolute Gasteiger partial charge is 0.495 e. The van der Waals surface area contributed by atoms with E-state index in [0.29, 0.717) is 52.9 Å². The lowest BCUT2D eigenvalue weighted by Gasteiger charge is -2.32. The molecule has 4 aromatic rings. The number of aromatic nitrogens is 3.